The summed E-state index contributed by atoms with van der Waals surface area (Å²) in [4.78, 5) is 50.8. The second kappa shape index (κ2) is 8.95. The minimum Gasteiger partial charge on any atom is -0.384 e. The van der Waals surface area contributed by atoms with E-state index in [-0.39, 0.29) is 16.5 Å². The molecule has 1 aromatic heterocycles. The number of halogens is 3. The van der Waals surface area contributed by atoms with Crippen molar-refractivity contribution in [1.29, 1.82) is 0 Å². The molecule has 0 spiro atoms. The summed E-state index contributed by atoms with van der Waals surface area (Å²) in [5.41, 5.74) is -0.963. The Balaban J connectivity index is 2.42. The fourth-order valence-corrected chi connectivity index (χ4v) is 6.13. The van der Waals surface area contributed by atoms with Gasteiger partial charge in [-0.3, -0.25) is 9.13 Å². The van der Waals surface area contributed by atoms with Gasteiger partial charge in [0.05, 0.1) is 5.88 Å². The summed E-state index contributed by atoms with van der Waals surface area (Å²) in [6.45, 7) is -1.15. The molecule has 32 heavy (non-hydrogen) atoms. The van der Waals surface area contributed by atoms with Crippen LogP contribution in [0.25, 0.3) is 0 Å². The van der Waals surface area contributed by atoms with Crippen molar-refractivity contribution in [3.63, 3.8) is 0 Å². The van der Waals surface area contributed by atoms with Gasteiger partial charge in [0, 0.05) is 6.20 Å². The number of hydrogen-bond acceptors (Lipinski definition) is 10. The summed E-state index contributed by atoms with van der Waals surface area (Å²) in [5.74, 6) is -4.40. The monoisotopic (exact) mass is 547 g/mol. The molecule has 0 aliphatic carbocycles. The Kier molecular flexibility index (Phi) is 7.60. The maximum Gasteiger partial charge on any atom is 0.488 e. The fraction of sp³-hybridized carbons (Fsp3) is 0.455. The number of nitrogens with two attached hydrogens (primary N) is 1. The van der Waals surface area contributed by atoms with Gasteiger partial charge in [0.25, 0.3) is 0 Å². The molecule has 0 aromatic carbocycles. The molecule has 0 amide bonds. The lowest BCUT2D eigenvalue weighted by Gasteiger charge is -2.30. The van der Waals surface area contributed by atoms with Gasteiger partial charge < -0.3 is 35.2 Å². The molecule has 2 unspecified atom stereocenters. The van der Waals surface area contributed by atoms with E-state index < -0.39 is 64.5 Å². The van der Waals surface area contributed by atoms with Crippen molar-refractivity contribution in [3.05, 3.63) is 34.4 Å². The third-order valence-corrected chi connectivity index (χ3v) is 8.39. The molecule has 2 heterocycles. The van der Waals surface area contributed by atoms with Gasteiger partial charge in [-0.2, -0.15) is 13.7 Å². The van der Waals surface area contributed by atoms with Gasteiger partial charge in [0.1, 0.15) is 24.1 Å². The number of aliphatic hydroxyl groups is 1. The van der Waals surface area contributed by atoms with Crippen LogP contribution >= 0.6 is 34.8 Å². The minimum absolute atomic E-state index is 0.0555. The summed E-state index contributed by atoms with van der Waals surface area (Å²) in [7, 11) is -17.7. The molecule has 0 radical (unpaired) electrons. The zero-order chi connectivity index (χ0) is 24.8. The molecule has 0 saturated carbocycles. The number of anilines is 1. The van der Waals surface area contributed by atoms with Gasteiger partial charge in [0.15, 0.2) is 0 Å². The van der Waals surface area contributed by atoms with Crippen LogP contribution in [0.3, 0.4) is 0 Å². The van der Waals surface area contributed by atoms with Gasteiger partial charge in [-0.15, -0.1) is 11.6 Å². The van der Waals surface area contributed by atoms with E-state index in [4.69, 9.17) is 36.8 Å². The van der Waals surface area contributed by atoms with Crippen molar-refractivity contribution in [1.82, 2.24) is 9.55 Å². The maximum atomic E-state index is 15.5. The first-order valence-corrected chi connectivity index (χ1v) is 13.0. The van der Waals surface area contributed by atoms with Crippen LogP contribution in [0.5, 0.6) is 0 Å². The number of nitrogens with zero attached hydrogens (tertiary/aromatic N) is 2. The zero-order valence-corrected chi connectivity index (χ0v) is 18.7. The standard InChI is InChI=1S/C11H15ClF2N3O12P3/c12-4-10(3-6(13)30(20,21)28-32(25,26)29-31(22,23)24)8(18)11(14,5-27-10)17-2-1-7(15)16-9(17)19/h1-3,8,18H,4-5H2,(H,20,21)(H,25,26)(H2,15,16,19)(H2,22,23,24)/b6-3-/t8-,10+,11+/m1/s1. The third-order valence-electron chi connectivity index (χ3n) is 3.92. The van der Waals surface area contributed by atoms with Crippen molar-refractivity contribution in [3.8, 4) is 0 Å². The molecule has 182 valence electrons. The molecule has 15 nitrogen and oxygen atoms in total. The van der Waals surface area contributed by atoms with Gasteiger partial charge >= 0.3 is 28.9 Å². The lowest BCUT2D eigenvalue weighted by atomic mass is 9.94. The normalized spacial score (nSPS) is 30.6. The van der Waals surface area contributed by atoms with E-state index in [1.54, 1.807) is 0 Å². The van der Waals surface area contributed by atoms with Crippen LogP contribution in [0.4, 0.5) is 14.6 Å². The SMILES string of the molecule is Nc1ccn([C@@]2(F)CO[C@@](/C=C(/F)P(=O)(O)OP(=O)(O)OP(=O)(O)O)(CCl)[C@H]2O)c(=O)n1. The predicted octanol–water partition coefficient (Wildman–Crippen LogP) is 0.0391. The molecule has 1 fully saturated rings. The van der Waals surface area contributed by atoms with Crippen LogP contribution in [0.2, 0.25) is 0 Å². The molecule has 1 aromatic rings. The molecule has 2 rings (SSSR count). The van der Waals surface area contributed by atoms with E-state index in [0.717, 1.165) is 12.3 Å². The molecule has 21 heteroatoms. The number of alkyl halides is 2. The van der Waals surface area contributed by atoms with Crippen LogP contribution in [0.1, 0.15) is 0 Å². The van der Waals surface area contributed by atoms with Crippen molar-refractivity contribution in [2.75, 3.05) is 18.2 Å². The summed E-state index contributed by atoms with van der Waals surface area (Å²) in [5, 5.41) is 10.4. The fourth-order valence-electron chi connectivity index (χ4n) is 2.55. The number of aromatic nitrogens is 2. The van der Waals surface area contributed by atoms with E-state index >= 15 is 4.39 Å². The molecule has 0 bridgehead atoms. The van der Waals surface area contributed by atoms with Crippen LogP contribution < -0.4 is 11.4 Å². The predicted molar refractivity (Wildman–Crippen MR) is 100 cm³/mol. The average Bonchev–Trinajstić information content (AvgIpc) is 2.85. The first kappa shape index (κ1) is 27.2. The Morgan fingerprint density at radius 3 is 2.47 bits per heavy atom. The van der Waals surface area contributed by atoms with Crippen molar-refractivity contribution in [2.45, 2.75) is 17.5 Å². The average molecular weight is 548 g/mol. The Morgan fingerprint density at radius 2 is 1.97 bits per heavy atom. The topological polar surface area (TPSA) is 241 Å². The van der Waals surface area contributed by atoms with Crippen molar-refractivity contribution < 1.29 is 60.5 Å². The second-order valence-electron chi connectivity index (χ2n) is 6.21. The molecular weight excluding hydrogens is 533 g/mol. The van der Waals surface area contributed by atoms with Crippen LogP contribution in [0.15, 0.2) is 28.7 Å². The van der Waals surface area contributed by atoms with E-state index in [2.05, 4.69) is 13.6 Å². The Morgan fingerprint density at radius 1 is 1.38 bits per heavy atom. The minimum atomic E-state index is -6.01. The smallest absolute Gasteiger partial charge is 0.384 e. The van der Waals surface area contributed by atoms with E-state index in [9.17, 15) is 32.9 Å². The van der Waals surface area contributed by atoms with Crippen LogP contribution in [-0.2, 0) is 32.8 Å². The first-order chi connectivity index (χ1) is 14.4. The van der Waals surface area contributed by atoms with Gasteiger partial charge in [-0.1, -0.05) is 0 Å². The second-order valence-corrected chi connectivity index (χ2v) is 11.2. The van der Waals surface area contributed by atoms with Crippen LogP contribution in [-0.4, -0.2) is 58.4 Å². The highest BCUT2D eigenvalue weighted by atomic mass is 35.5. The number of aliphatic hydroxyl groups excluding tert-OH is 1. The summed E-state index contributed by atoms with van der Waals surface area (Å²) >= 11 is 5.62. The number of ether oxygens (including phenoxy) is 1. The number of rotatable bonds is 8. The Hall–Kier alpha value is -1.06. The first-order valence-electron chi connectivity index (χ1n) is 7.83. The zero-order valence-electron chi connectivity index (χ0n) is 15.3. The van der Waals surface area contributed by atoms with Gasteiger partial charge in [-0.25, -0.2) is 22.6 Å². The highest BCUT2D eigenvalue weighted by Crippen LogP contribution is 2.69. The molecule has 1 aliphatic heterocycles. The molecular formula is C11H15ClF2N3O12P3. The summed E-state index contributed by atoms with van der Waals surface area (Å²) in [6, 6.07) is 0.988. The number of nitrogen functional groups attached to an aromatic ring is 1. The number of phosphoric acid groups is 2. The third kappa shape index (κ3) is 5.70. The molecule has 1 saturated heterocycles. The van der Waals surface area contributed by atoms with E-state index in [1.807, 2.05) is 0 Å². The van der Waals surface area contributed by atoms with Crippen molar-refractivity contribution in [2.24, 2.45) is 0 Å². The largest absolute Gasteiger partial charge is 0.488 e. The molecule has 1 aliphatic rings. The highest BCUT2D eigenvalue weighted by molar-refractivity contribution is 7.69. The number of hydrogen-bond donors (Lipinski definition) is 6. The highest BCUT2D eigenvalue weighted by Gasteiger charge is 2.60. The Bertz CT molecular complexity index is 1130. The van der Waals surface area contributed by atoms with E-state index in [1.165, 1.54) is 0 Å². The lowest BCUT2D eigenvalue weighted by molar-refractivity contribution is -0.0562. The molecule has 7 N–H and O–H groups in total. The maximum absolute atomic E-state index is 15.5. The van der Waals surface area contributed by atoms with Gasteiger partial charge in [0.2, 0.25) is 11.4 Å². The quantitative estimate of drug-likeness (QED) is 0.186. The van der Waals surface area contributed by atoms with E-state index in [0.29, 0.717) is 0 Å². The summed E-state index contributed by atoms with van der Waals surface area (Å²) in [6.07, 6.45) is -1.78. The Labute approximate surface area is 181 Å². The molecule has 5 atom stereocenters. The summed E-state index contributed by atoms with van der Waals surface area (Å²) < 4.78 is 76.0. The van der Waals surface area contributed by atoms with Crippen LogP contribution in [0, 0.1) is 0 Å². The van der Waals surface area contributed by atoms with Gasteiger partial charge in [-0.05, 0) is 12.1 Å². The van der Waals surface area contributed by atoms with Crippen molar-refractivity contribution >= 4 is 40.7 Å². The lowest BCUT2D eigenvalue weighted by Crippen LogP contribution is -2.52.